The first kappa shape index (κ1) is 14.3. The van der Waals surface area contributed by atoms with Gasteiger partial charge in [0.1, 0.15) is 0 Å². The van der Waals surface area contributed by atoms with Crippen LogP contribution in [0.2, 0.25) is 0 Å². The largest absolute Gasteiger partial charge is 0.375 e. The van der Waals surface area contributed by atoms with Crippen LogP contribution in [-0.2, 0) is 4.74 Å². The molecule has 0 bridgehead atoms. The molecule has 0 aromatic carbocycles. The Morgan fingerprint density at radius 3 is 2.50 bits per heavy atom. The fraction of sp³-hybridized carbons (Fsp3) is 1.00. The van der Waals surface area contributed by atoms with E-state index in [1.165, 1.54) is 44.9 Å². The Hall–Kier alpha value is -0.0800. The molecule has 2 nitrogen and oxygen atoms in total. The number of nitrogens with one attached hydrogen (secondary N) is 1. The molecule has 2 heteroatoms. The van der Waals surface area contributed by atoms with Gasteiger partial charge >= 0.3 is 0 Å². The molecule has 18 heavy (non-hydrogen) atoms. The Labute approximate surface area is 113 Å². The van der Waals surface area contributed by atoms with Crippen LogP contribution in [0.15, 0.2) is 0 Å². The molecule has 4 atom stereocenters. The standard InChI is InChI=1S/C16H31NO/c1-12-8-15(11-16(2,3)10-12)18-14-7-5-6-13(9-14)17-4/h12-15,17H,5-11H2,1-4H3. The molecule has 2 rings (SSSR count). The van der Waals surface area contributed by atoms with Gasteiger partial charge in [0.15, 0.2) is 0 Å². The van der Waals surface area contributed by atoms with Gasteiger partial charge in [-0.05, 0) is 63.3 Å². The maximum absolute atomic E-state index is 6.43. The first-order valence-corrected chi connectivity index (χ1v) is 7.81. The normalized spacial score (nSPS) is 40.7. The van der Waals surface area contributed by atoms with E-state index in [1.807, 2.05) is 0 Å². The molecule has 0 aromatic heterocycles. The average molecular weight is 253 g/mol. The molecule has 2 fully saturated rings. The van der Waals surface area contributed by atoms with Crippen LogP contribution in [0.4, 0.5) is 0 Å². The summed E-state index contributed by atoms with van der Waals surface area (Å²) in [6, 6.07) is 0.678. The summed E-state index contributed by atoms with van der Waals surface area (Å²) >= 11 is 0. The smallest absolute Gasteiger partial charge is 0.0593 e. The quantitative estimate of drug-likeness (QED) is 0.827. The highest BCUT2D eigenvalue weighted by molar-refractivity contribution is 4.85. The van der Waals surface area contributed by atoms with Crippen LogP contribution in [0.1, 0.15) is 65.7 Å². The predicted octanol–water partition coefficient (Wildman–Crippen LogP) is 3.75. The molecule has 2 aliphatic rings. The van der Waals surface area contributed by atoms with E-state index in [2.05, 4.69) is 33.1 Å². The summed E-state index contributed by atoms with van der Waals surface area (Å²) in [5.41, 5.74) is 0.472. The fourth-order valence-corrected chi connectivity index (χ4v) is 4.17. The minimum absolute atomic E-state index is 0.472. The van der Waals surface area contributed by atoms with Gasteiger partial charge in [0.2, 0.25) is 0 Å². The molecule has 1 N–H and O–H groups in total. The highest BCUT2D eigenvalue weighted by Gasteiger charge is 2.34. The van der Waals surface area contributed by atoms with E-state index in [0.717, 1.165) is 5.92 Å². The number of hydrogen-bond donors (Lipinski definition) is 1. The lowest BCUT2D eigenvalue weighted by atomic mass is 9.71. The zero-order chi connectivity index (χ0) is 13.2. The first-order chi connectivity index (χ1) is 8.48. The van der Waals surface area contributed by atoms with E-state index in [0.29, 0.717) is 23.7 Å². The third-order valence-corrected chi connectivity index (χ3v) is 4.77. The summed E-state index contributed by atoms with van der Waals surface area (Å²) < 4.78 is 6.43. The van der Waals surface area contributed by atoms with Crippen LogP contribution in [0, 0.1) is 11.3 Å². The Balaban J connectivity index is 1.85. The molecular weight excluding hydrogens is 222 g/mol. The first-order valence-electron chi connectivity index (χ1n) is 7.81. The summed E-state index contributed by atoms with van der Waals surface area (Å²) in [5, 5.41) is 3.42. The van der Waals surface area contributed by atoms with Crippen molar-refractivity contribution in [2.75, 3.05) is 7.05 Å². The lowest BCUT2D eigenvalue weighted by Crippen LogP contribution is -2.39. The summed E-state index contributed by atoms with van der Waals surface area (Å²) in [7, 11) is 2.08. The van der Waals surface area contributed by atoms with Crippen molar-refractivity contribution in [1.82, 2.24) is 5.32 Å². The van der Waals surface area contributed by atoms with Crippen molar-refractivity contribution in [3.63, 3.8) is 0 Å². The Morgan fingerprint density at radius 1 is 1.06 bits per heavy atom. The maximum Gasteiger partial charge on any atom is 0.0593 e. The van der Waals surface area contributed by atoms with Crippen LogP contribution >= 0.6 is 0 Å². The second kappa shape index (κ2) is 5.92. The summed E-state index contributed by atoms with van der Waals surface area (Å²) in [6.07, 6.45) is 10.0. The average Bonchev–Trinajstić information content (AvgIpc) is 2.26. The van der Waals surface area contributed by atoms with Crippen molar-refractivity contribution < 1.29 is 4.74 Å². The van der Waals surface area contributed by atoms with E-state index in [1.54, 1.807) is 0 Å². The van der Waals surface area contributed by atoms with Crippen molar-refractivity contribution in [3.05, 3.63) is 0 Å². The van der Waals surface area contributed by atoms with Crippen LogP contribution in [-0.4, -0.2) is 25.3 Å². The van der Waals surface area contributed by atoms with Crippen LogP contribution in [0.25, 0.3) is 0 Å². The molecule has 4 unspecified atom stereocenters. The van der Waals surface area contributed by atoms with Gasteiger partial charge in [-0.25, -0.2) is 0 Å². The van der Waals surface area contributed by atoms with Gasteiger partial charge in [-0.15, -0.1) is 0 Å². The van der Waals surface area contributed by atoms with Crippen molar-refractivity contribution in [1.29, 1.82) is 0 Å². The Kier molecular flexibility index (Phi) is 4.71. The molecule has 0 radical (unpaired) electrons. The SMILES string of the molecule is CNC1CCCC(OC2CC(C)CC(C)(C)C2)C1. The maximum atomic E-state index is 6.43. The summed E-state index contributed by atoms with van der Waals surface area (Å²) in [5.74, 6) is 0.822. The van der Waals surface area contributed by atoms with Crippen LogP contribution < -0.4 is 5.32 Å². The Bertz CT molecular complexity index is 264. The molecule has 106 valence electrons. The van der Waals surface area contributed by atoms with E-state index < -0.39 is 0 Å². The van der Waals surface area contributed by atoms with E-state index in [4.69, 9.17) is 4.74 Å². The minimum Gasteiger partial charge on any atom is -0.375 e. The lowest BCUT2D eigenvalue weighted by Gasteiger charge is -2.41. The molecule has 0 heterocycles. The van der Waals surface area contributed by atoms with E-state index in [-0.39, 0.29) is 0 Å². The molecule has 0 amide bonds. The van der Waals surface area contributed by atoms with Gasteiger partial charge in [-0.3, -0.25) is 0 Å². The van der Waals surface area contributed by atoms with Crippen molar-refractivity contribution >= 4 is 0 Å². The van der Waals surface area contributed by atoms with Crippen molar-refractivity contribution in [2.24, 2.45) is 11.3 Å². The molecular formula is C16H31NO. The van der Waals surface area contributed by atoms with E-state index in [9.17, 15) is 0 Å². The number of ether oxygens (including phenoxy) is 1. The summed E-state index contributed by atoms with van der Waals surface area (Å²) in [4.78, 5) is 0. The second-order valence-corrected chi connectivity index (χ2v) is 7.45. The monoisotopic (exact) mass is 253 g/mol. The van der Waals surface area contributed by atoms with E-state index >= 15 is 0 Å². The van der Waals surface area contributed by atoms with Gasteiger partial charge in [-0.1, -0.05) is 20.8 Å². The third kappa shape index (κ3) is 3.96. The highest BCUT2D eigenvalue weighted by atomic mass is 16.5. The number of rotatable bonds is 3. The highest BCUT2D eigenvalue weighted by Crippen LogP contribution is 2.40. The fourth-order valence-electron chi connectivity index (χ4n) is 4.17. The molecule has 0 aliphatic heterocycles. The molecule has 0 saturated heterocycles. The van der Waals surface area contributed by atoms with Crippen LogP contribution in [0.3, 0.4) is 0 Å². The van der Waals surface area contributed by atoms with Gasteiger partial charge in [0.05, 0.1) is 12.2 Å². The van der Waals surface area contributed by atoms with Gasteiger partial charge in [0.25, 0.3) is 0 Å². The molecule has 2 saturated carbocycles. The minimum atomic E-state index is 0.472. The predicted molar refractivity (Wildman–Crippen MR) is 76.8 cm³/mol. The van der Waals surface area contributed by atoms with Crippen molar-refractivity contribution in [2.45, 2.75) is 84.0 Å². The van der Waals surface area contributed by atoms with Crippen molar-refractivity contribution in [3.8, 4) is 0 Å². The van der Waals surface area contributed by atoms with Crippen LogP contribution in [0.5, 0.6) is 0 Å². The molecule has 2 aliphatic carbocycles. The molecule has 0 aromatic rings. The van der Waals surface area contributed by atoms with Gasteiger partial charge in [0, 0.05) is 6.04 Å². The zero-order valence-electron chi connectivity index (χ0n) is 12.7. The summed E-state index contributed by atoms with van der Waals surface area (Å²) in [6.45, 7) is 7.18. The number of hydrogen-bond acceptors (Lipinski definition) is 2. The van der Waals surface area contributed by atoms with Gasteiger partial charge in [-0.2, -0.15) is 0 Å². The van der Waals surface area contributed by atoms with Gasteiger partial charge < -0.3 is 10.1 Å². The second-order valence-electron chi connectivity index (χ2n) is 7.45. The zero-order valence-corrected chi connectivity index (χ0v) is 12.7. The topological polar surface area (TPSA) is 21.3 Å². The molecule has 0 spiro atoms. The lowest BCUT2D eigenvalue weighted by molar-refractivity contribution is -0.0795. The Morgan fingerprint density at radius 2 is 1.83 bits per heavy atom. The third-order valence-electron chi connectivity index (χ3n) is 4.77.